The lowest BCUT2D eigenvalue weighted by Crippen LogP contribution is -2.60. The SMILES string of the molecule is O=c1c(O)c(-c2ccc3c(c2)OCO3)oc2ccc(OC3OC(COC4OCC(O)(CO)C4O)C(O)C(O)C3O)cc12. The summed E-state index contributed by atoms with van der Waals surface area (Å²) >= 11 is 0. The minimum Gasteiger partial charge on any atom is -0.502 e. The molecule has 42 heavy (non-hydrogen) atoms. The molecule has 3 aliphatic rings. The quantitative estimate of drug-likeness (QED) is 0.166. The van der Waals surface area contributed by atoms with Crippen molar-refractivity contribution in [2.75, 3.05) is 26.6 Å². The molecule has 0 radical (unpaired) electrons. The molecule has 15 nitrogen and oxygen atoms in total. The summed E-state index contributed by atoms with van der Waals surface area (Å²) in [6.07, 6.45) is -10.9. The van der Waals surface area contributed by atoms with Gasteiger partial charge in [0.1, 0.15) is 47.5 Å². The van der Waals surface area contributed by atoms with Crippen LogP contribution in [0.5, 0.6) is 23.0 Å². The predicted molar refractivity (Wildman–Crippen MR) is 137 cm³/mol. The molecule has 0 saturated carbocycles. The summed E-state index contributed by atoms with van der Waals surface area (Å²) in [4.78, 5) is 13.1. The fourth-order valence-corrected chi connectivity index (χ4v) is 4.88. The van der Waals surface area contributed by atoms with Crippen molar-refractivity contribution in [1.82, 2.24) is 0 Å². The maximum absolute atomic E-state index is 13.1. The van der Waals surface area contributed by atoms with E-state index < -0.39 is 79.7 Å². The molecular weight excluding hydrogens is 564 g/mol. The molecule has 3 aliphatic heterocycles. The summed E-state index contributed by atoms with van der Waals surface area (Å²) < 4.78 is 38.3. The number of aromatic hydroxyl groups is 1. The van der Waals surface area contributed by atoms with Crippen molar-refractivity contribution in [3.63, 3.8) is 0 Å². The van der Waals surface area contributed by atoms with E-state index in [1.54, 1.807) is 18.2 Å². The van der Waals surface area contributed by atoms with Crippen LogP contribution in [0.15, 0.2) is 45.6 Å². The molecule has 6 rings (SSSR count). The first-order valence-corrected chi connectivity index (χ1v) is 12.9. The van der Waals surface area contributed by atoms with Gasteiger partial charge in [-0.2, -0.15) is 0 Å². The van der Waals surface area contributed by atoms with Gasteiger partial charge in [-0.25, -0.2) is 0 Å². The molecule has 3 aromatic rings. The smallest absolute Gasteiger partial charge is 0.235 e. The molecule has 0 aliphatic carbocycles. The van der Waals surface area contributed by atoms with Crippen molar-refractivity contribution < 1.29 is 68.6 Å². The minimum absolute atomic E-state index is 0.0000962. The Balaban J connectivity index is 1.19. The van der Waals surface area contributed by atoms with Crippen LogP contribution in [-0.4, -0.2) is 111 Å². The van der Waals surface area contributed by atoms with Crippen LogP contribution < -0.4 is 19.6 Å². The van der Waals surface area contributed by atoms with Crippen LogP contribution in [0.25, 0.3) is 22.3 Å². The molecule has 2 fully saturated rings. The van der Waals surface area contributed by atoms with E-state index in [0.29, 0.717) is 17.1 Å². The number of aliphatic hydroxyl groups is 6. The van der Waals surface area contributed by atoms with Crippen LogP contribution in [0.3, 0.4) is 0 Å². The van der Waals surface area contributed by atoms with Gasteiger partial charge in [-0.3, -0.25) is 4.79 Å². The largest absolute Gasteiger partial charge is 0.502 e. The van der Waals surface area contributed by atoms with E-state index in [2.05, 4.69) is 0 Å². The van der Waals surface area contributed by atoms with Gasteiger partial charge in [0.25, 0.3) is 0 Å². The first-order valence-electron chi connectivity index (χ1n) is 12.9. The van der Waals surface area contributed by atoms with E-state index in [1.807, 2.05) is 0 Å². The summed E-state index contributed by atoms with van der Waals surface area (Å²) in [5.41, 5.74) is -2.20. The van der Waals surface area contributed by atoms with Gasteiger partial charge in [0, 0.05) is 5.56 Å². The highest BCUT2D eigenvalue weighted by atomic mass is 16.7. The van der Waals surface area contributed by atoms with Crippen LogP contribution in [-0.2, 0) is 14.2 Å². The molecule has 8 atom stereocenters. The van der Waals surface area contributed by atoms with Crippen molar-refractivity contribution >= 4 is 11.0 Å². The van der Waals surface area contributed by atoms with Gasteiger partial charge < -0.3 is 68.6 Å². The fourth-order valence-electron chi connectivity index (χ4n) is 4.88. The average Bonchev–Trinajstić information content (AvgIpc) is 3.58. The molecule has 2 saturated heterocycles. The standard InChI is InChI=1S/C27H28O15/c28-8-27(35)9-37-26(24(27)34)36-7-17-19(30)20(31)22(33)25(42-17)40-12-2-4-14-13(6-12)18(29)21(32)23(41-14)11-1-3-15-16(5-11)39-10-38-15/h1-6,17,19-20,22,24-26,28,30-35H,7-10H2. The second-order valence-corrected chi connectivity index (χ2v) is 10.2. The molecule has 1 aromatic heterocycles. The van der Waals surface area contributed by atoms with Gasteiger partial charge in [0.05, 0.1) is 25.2 Å². The fraction of sp³-hybridized carbons (Fsp3) is 0.444. The Labute approximate surface area is 236 Å². The van der Waals surface area contributed by atoms with Gasteiger partial charge in [0.2, 0.25) is 24.3 Å². The first kappa shape index (κ1) is 28.6. The molecule has 226 valence electrons. The number of rotatable bonds is 7. The summed E-state index contributed by atoms with van der Waals surface area (Å²) in [6.45, 7) is -1.60. The number of hydrogen-bond acceptors (Lipinski definition) is 15. The lowest BCUT2D eigenvalue weighted by molar-refractivity contribution is -0.289. The van der Waals surface area contributed by atoms with Gasteiger partial charge in [-0.1, -0.05) is 0 Å². The van der Waals surface area contributed by atoms with Crippen molar-refractivity contribution in [2.24, 2.45) is 0 Å². The van der Waals surface area contributed by atoms with E-state index in [4.69, 9.17) is 32.8 Å². The zero-order chi connectivity index (χ0) is 29.8. The Hall–Kier alpha value is -3.51. The minimum atomic E-state index is -1.93. The summed E-state index contributed by atoms with van der Waals surface area (Å²) in [5.74, 6) is 0.200. The Morgan fingerprint density at radius 2 is 1.74 bits per heavy atom. The monoisotopic (exact) mass is 592 g/mol. The van der Waals surface area contributed by atoms with Crippen molar-refractivity contribution in [1.29, 1.82) is 0 Å². The van der Waals surface area contributed by atoms with E-state index in [-0.39, 0.29) is 29.3 Å². The maximum atomic E-state index is 13.1. The zero-order valence-electron chi connectivity index (χ0n) is 21.7. The summed E-state index contributed by atoms with van der Waals surface area (Å²) in [5, 5.41) is 71.4. The van der Waals surface area contributed by atoms with Crippen LogP contribution in [0.2, 0.25) is 0 Å². The van der Waals surface area contributed by atoms with E-state index >= 15 is 0 Å². The number of hydrogen-bond donors (Lipinski definition) is 7. The molecule has 15 heteroatoms. The normalized spacial score (nSPS) is 32.4. The molecule has 8 unspecified atom stereocenters. The van der Waals surface area contributed by atoms with Crippen LogP contribution in [0, 0.1) is 0 Å². The van der Waals surface area contributed by atoms with E-state index in [9.17, 15) is 40.5 Å². The number of benzene rings is 2. The highest BCUT2D eigenvalue weighted by Gasteiger charge is 2.50. The van der Waals surface area contributed by atoms with Gasteiger partial charge in [0.15, 0.2) is 23.5 Å². The molecule has 0 spiro atoms. The van der Waals surface area contributed by atoms with Gasteiger partial charge in [-0.15, -0.1) is 0 Å². The predicted octanol–water partition coefficient (Wildman–Crippen LogP) is -1.46. The Morgan fingerprint density at radius 3 is 2.50 bits per heavy atom. The lowest BCUT2D eigenvalue weighted by Gasteiger charge is -2.40. The Kier molecular flexibility index (Phi) is 7.46. The summed E-state index contributed by atoms with van der Waals surface area (Å²) in [7, 11) is 0. The molecule has 2 aromatic carbocycles. The molecular formula is C27H28O15. The molecule has 4 heterocycles. The van der Waals surface area contributed by atoms with Crippen LogP contribution in [0.4, 0.5) is 0 Å². The van der Waals surface area contributed by atoms with Crippen molar-refractivity contribution in [3.05, 3.63) is 46.6 Å². The Bertz CT molecular complexity index is 1520. The average molecular weight is 593 g/mol. The summed E-state index contributed by atoms with van der Waals surface area (Å²) in [6, 6.07) is 8.85. The van der Waals surface area contributed by atoms with Gasteiger partial charge in [-0.05, 0) is 36.4 Å². The second kappa shape index (κ2) is 11.0. The number of ether oxygens (including phenoxy) is 6. The molecule has 0 bridgehead atoms. The topological polar surface area (TPSA) is 227 Å². The molecule has 0 amide bonds. The van der Waals surface area contributed by atoms with Crippen molar-refractivity contribution in [2.45, 2.75) is 48.7 Å². The third-order valence-corrected chi connectivity index (χ3v) is 7.40. The highest BCUT2D eigenvalue weighted by molar-refractivity contribution is 5.83. The number of fused-ring (bicyclic) bond motifs is 2. The maximum Gasteiger partial charge on any atom is 0.235 e. The van der Waals surface area contributed by atoms with E-state index in [0.717, 1.165) is 0 Å². The lowest BCUT2D eigenvalue weighted by atomic mass is 9.99. The van der Waals surface area contributed by atoms with Crippen LogP contribution in [0.1, 0.15) is 0 Å². The molecule has 7 N–H and O–H groups in total. The van der Waals surface area contributed by atoms with Crippen LogP contribution >= 0.6 is 0 Å². The van der Waals surface area contributed by atoms with Crippen molar-refractivity contribution in [3.8, 4) is 34.3 Å². The second-order valence-electron chi connectivity index (χ2n) is 10.2. The first-order chi connectivity index (χ1) is 20.1. The highest BCUT2D eigenvalue weighted by Crippen LogP contribution is 2.39. The number of aliphatic hydroxyl groups excluding tert-OH is 5. The Morgan fingerprint density at radius 1 is 0.952 bits per heavy atom. The third kappa shape index (κ3) is 4.94. The zero-order valence-corrected chi connectivity index (χ0v) is 21.7. The van der Waals surface area contributed by atoms with E-state index in [1.165, 1.54) is 18.2 Å². The van der Waals surface area contributed by atoms with Gasteiger partial charge >= 0.3 is 0 Å². The third-order valence-electron chi connectivity index (χ3n) is 7.40.